The first-order chi connectivity index (χ1) is 18.8. The number of carbonyl (C=O) groups is 4. The van der Waals surface area contributed by atoms with Crippen LogP contribution in [-0.2, 0) is 20.8 Å². The molecule has 39 heavy (non-hydrogen) atoms. The molecule has 2 unspecified atom stereocenters. The number of nitrogens with one attached hydrogen (secondary N) is 2. The quantitative estimate of drug-likeness (QED) is 0.353. The Morgan fingerprint density at radius 2 is 1.51 bits per heavy atom. The van der Waals surface area contributed by atoms with E-state index in [1.165, 1.54) is 0 Å². The first kappa shape index (κ1) is 27.4. The number of rotatable bonds is 11. The summed E-state index contributed by atoms with van der Waals surface area (Å²) < 4.78 is 0. The Bertz CT molecular complexity index is 1350. The molecule has 3 aromatic rings. The molecule has 1 heterocycles. The lowest BCUT2D eigenvalue weighted by Crippen LogP contribution is -2.51. The van der Waals surface area contributed by atoms with Crippen LogP contribution in [-0.4, -0.2) is 64.1 Å². The second-order valence-electron chi connectivity index (χ2n) is 9.30. The van der Waals surface area contributed by atoms with Gasteiger partial charge >= 0.3 is 5.97 Å². The molecule has 0 bridgehead atoms. The highest BCUT2D eigenvalue weighted by molar-refractivity contribution is 6.06. The van der Waals surface area contributed by atoms with Crippen molar-refractivity contribution >= 4 is 29.3 Å². The van der Waals surface area contributed by atoms with E-state index in [0.29, 0.717) is 11.3 Å². The normalized spacial score (nSPS) is 16.2. The van der Waals surface area contributed by atoms with E-state index in [-0.39, 0.29) is 31.1 Å². The molecule has 0 radical (unpaired) electrons. The van der Waals surface area contributed by atoms with E-state index in [2.05, 4.69) is 15.7 Å². The zero-order valence-electron chi connectivity index (χ0n) is 21.5. The molecule has 0 spiro atoms. The maximum atomic E-state index is 13.2. The van der Waals surface area contributed by atoms with Gasteiger partial charge < -0.3 is 10.4 Å². The summed E-state index contributed by atoms with van der Waals surface area (Å²) in [5.41, 5.74) is 2.55. The van der Waals surface area contributed by atoms with Gasteiger partial charge in [-0.2, -0.15) is 5.10 Å². The van der Waals surface area contributed by atoms with Gasteiger partial charge in [0.2, 0.25) is 0 Å². The summed E-state index contributed by atoms with van der Waals surface area (Å²) >= 11 is 0. The molecule has 3 atom stereocenters. The van der Waals surface area contributed by atoms with Gasteiger partial charge in [0.25, 0.3) is 11.8 Å². The first-order valence-corrected chi connectivity index (χ1v) is 12.7. The van der Waals surface area contributed by atoms with E-state index in [9.17, 15) is 24.3 Å². The summed E-state index contributed by atoms with van der Waals surface area (Å²) in [5.74, 6) is -2.41. The van der Waals surface area contributed by atoms with E-state index in [0.717, 1.165) is 16.1 Å². The summed E-state index contributed by atoms with van der Waals surface area (Å²) in [6.45, 7) is 1.35. The van der Waals surface area contributed by atoms with Gasteiger partial charge in [0.05, 0.1) is 24.3 Å². The number of carboxylic acids is 1. The van der Waals surface area contributed by atoms with E-state index in [1.807, 2.05) is 60.7 Å². The van der Waals surface area contributed by atoms with Crippen molar-refractivity contribution in [1.29, 1.82) is 0 Å². The third-order valence-corrected chi connectivity index (χ3v) is 6.49. The monoisotopic (exact) mass is 526 g/mol. The van der Waals surface area contributed by atoms with Crippen LogP contribution in [0.3, 0.4) is 0 Å². The van der Waals surface area contributed by atoms with Gasteiger partial charge in [0, 0.05) is 12.0 Å². The van der Waals surface area contributed by atoms with Gasteiger partial charge in [-0.25, -0.2) is 9.80 Å². The van der Waals surface area contributed by atoms with E-state index < -0.39 is 30.0 Å². The largest absolute Gasteiger partial charge is 0.480 e. The zero-order valence-corrected chi connectivity index (χ0v) is 21.5. The highest BCUT2D eigenvalue weighted by Crippen LogP contribution is 2.21. The number of nitrogens with zero attached hydrogens (tertiary/aromatic N) is 2. The van der Waals surface area contributed by atoms with Gasteiger partial charge in [-0.3, -0.25) is 19.7 Å². The number of hydrogen-bond donors (Lipinski definition) is 3. The number of ketones is 1. The number of hydrazone groups is 1. The predicted molar refractivity (Wildman–Crippen MR) is 146 cm³/mol. The van der Waals surface area contributed by atoms with Crippen molar-refractivity contribution in [3.05, 3.63) is 108 Å². The molecule has 0 saturated carbocycles. The number of amides is 2. The van der Waals surface area contributed by atoms with Crippen LogP contribution in [0.5, 0.6) is 0 Å². The summed E-state index contributed by atoms with van der Waals surface area (Å²) in [5, 5.41) is 20.7. The minimum Gasteiger partial charge on any atom is -0.480 e. The van der Waals surface area contributed by atoms with Crippen LogP contribution in [0.2, 0.25) is 0 Å². The molecule has 4 rings (SSSR count). The van der Waals surface area contributed by atoms with Crippen molar-refractivity contribution in [2.45, 2.75) is 37.9 Å². The molecular formula is C30H30N4O5. The lowest BCUT2D eigenvalue weighted by Gasteiger charge is -2.23. The van der Waals surface area contributed by atoms with Gasteiger partial charge in [-0.1, -0.05) is 78.9 Å². The van der Waals surface area contributed by atoms with Crippen LogP contribution >= 0.6 is 0 Å². The Labute approximate surface area is 226 Å². The van der Waals surface area contributed by atoms with Crippen molar-refractivity contribution in [1.82, 2.24) is 15.6 Å². The summed E-state index contributed by atoms with van der Waals surface area (Å²) in [6, 6.07) is 24.2. The summed E-state index contributed by atoms with van der Waals surface area (Å²) in [6.07, 6.45) is 0.363. The average molecular weight is 527 g/mol. The lowest BCUT2D eigenvalue weighted by molar-refractivity contribution is -0.149. The molecule has 1 aliphatic heterocycles. The van der Waals surface area contributed by atoms with E-state index >= 15 is 0 Å². The van der Waals surface area contributed by atoms with Gasteiger partial charge in [-0.05, 0) is 36.6 Å². The number of benzene rings is 3. The Hall–Kier alpha value is -4.63. The maximum absolute atomic E-state index is 13.2. The van der Waals surface area contributed by atoms with Gasteiger partial charge in [0.1, 0.15) is 0 Å². The standard InChI is InChI=1S/C30H30N4O5/c1-20(29(37)34-26(30(38)39)18-24(33-34)22-13-7-3-8-14-22)31-19-27(35)25(17-21-11-5-2-6-12-21)32-28(36)23-15-9-4-10-16-23/h2-16,20,25-26,31H,17-19H2,1H3,(H,32,36)(H,38,39)/t20-,25?,26?/m0/s1. The minimum absolute atomic E-state index is 0.0847. The first-order valence-electron chi connectivity index (χ1n) is 12.7. The third-order valence-electron chi connectivity index (χ3n) is 6.49. The highest BCUT2D eigenvalue weighted by atomic mass is 16.4. The van der Waals surface area contributed by atoms with E-state index in [4.69, 9.17) is 0 Å². The van der Waals surface area contributed by atoms with Gasteiger partial charge in [-0.15, -0.1) is 0 Å². The fourth-order valence-corrected chi connectivity index (χ4v) is 4.30. The van der Waals surface area contributed by atoms with E-state index in [1.54, 1.807) is 37.3 Å². The number of carbonyl (C=O) groups excluding carboxylic acids is 3. The molecule has 9 nitrogen and oxygen atoms in total. The molecule has 3 N–H and O–H groups in total. The second-order valence-corrected chi connectivity index (χ2v) is 9.30. The van der Waals surface area contributed by atoms with Crippen LogP contribution in [0, 0.1) is 0 Å². The summed E-state index contributed by atoms with van der Waals surface area (Å²) in [4.78, 5) is 51.1. The smallest absolute Gasteiger partial charge is 0.329 e. The molecule has 1 aliphatic rings. The Balaban J connectivity index is 1.43. The number of aliphatic carboxylic acids is 1. The van der Waals surface area contributed by atoms with Crippen molar-refractivity contribution in [3.8, 4) is 0 Å². The lowest BCUT2D eigenvalue weighted by atomic mass is 10.0. The fourth-order valence-electron chi connectivity index (χ4n) is 4.30. The van der Waals surface area contributed by atoms with Crippen molar-refractivity contribution in [2.24, 2.45) is 5.10 Å². The van der Waals surface area contributed by atoms with Crippen molar-refractivity contribution < 1.29 is 24.3 Å². The molecule has 0 aromatic heterocycles. The Kier molecular flexibility index (Phi) is 8.96. The highest BCUT2D eigenvalue weighted by Gasteiger charge is 2.38. The van der Waals surface area contributed by atoms with Crippen molar-refractivity contribution in [2.75, 3.05) is 6.54 Å². The van der Waals surface area contributed by atoms with Gasteiger partial charge in [0.15, 0.2) is 11.8 Å². The zero-order chi connectivity index (χ0) is 27.8. The minimum atomic E-state index is -1.16. The number of hydrogen-bond acceptors (Lipinski definition) is 6. The molecule has 3 aromatic carbocycles. The second kappa shape index (κ2) is 12.7. The molecule has 9 heteroatoms. The molecule has 200 valence electrons. The predicted octanol–water partition coefficient (Wildman–Crippen LogP) is 2.66. The topological polar surface area (TPSA) is 128 Å². The van der Waals surface area contributed by atoms with Crippen LogP contribution in [0.4, 0.5) is 0 Å². The van der Waals surface area contributed by atoms with Crippen LogP contribution in [0.1, 0.15) is 34.8 Å². The number of carboxylic acid groups (broad SMARTS) is 1. The third kappa shape index (κ3) is 7.03. The van der Waals surface area contributed by atoms with Crippen LogP contribution in [0.25, 0.3) is 0 Å². The summed E-state index contributed by atoms with van der Waals surface area (Å²) in [7, 11) is 0. The fraction of sp³-hybridized carbons (Fsp3) is 0.233. The van der Waals surface area contributed by atoms with Crippen molar-refractivity contribution in [3.63, 3.8) is 0 Å². The molecule has 0 aliphatic carbocycles. The molecule has 0 saturated heterocycles. The molecular weight excluding hydrogens is 496 g/mol. The average Bonchev–Trinajstić information content (AvgIpc) is 3.42. The maximum Gasteiger partial charge on any atom is 0.329 e. The van der Waals surface area contributed by atoms with Crippen LogP contribution in [0.15, 0.2) is 96.1 Å². The van der Waals surface area contributed by atoms with Crippen LogP contribution < -0.4 is 10.6 Å². The molecule has 0 fully saturated rings. The Morgan fingerprint density at radius 3 is 2.13 bits per heavy atom. The number of Topliss-reactive ketones (excluding diaryl/α,β-unsaturated/α-hetero) is 1. The SMILES string of the molecule is C[C@H](NCC(=O)C(Cc1ccccc1)NC(=O)c1ccccc1)C(=O)N1N=C(c2ccccc2)CC1C(=O)O. The molecule has 2 amide bonds. The Morgan fingerprint density at radius 1 is 0.923 bits per heavy atom.